The van der Waals surface area contributed by atoms with Crippen molar-refractivity contribution in [1.29, 1.82) is 0 Å². The van der Waals surface area contributed by atoms with Crippen molar-refractivity contribution in [3.05, 3.63) is 210 Å². The van der Waals surface area contributed by atoms with Crippen molar-refractivity contribution < 1.29 is 0 Å². The second-order valence-electron chi connectivity index (χ2n) is 13.7. The van der Waals surface area contributed by atoms with Gasteiger partial charge in [-0.05, 0) is 87.2 Å². The molecule has 8 aromatic rings. The summed E-state index contributed by atoms with van der Waals surface area (Å²) in [6, 6.07) is 68.7. The molecule has 0 unspecified atom stereocenters. The third-order valence-electron chi connectivity index (χ3n) is 10.7. The lowest BCUT2D eigenvalue weighted by atomic mass is 9.86. The van der Waals surface area contributed by atoms with Crippen LogP contribution in [-0.4, -0.2) is 0 Å². The molecule has 0 spiro atoms. The molecule has 0 bridgehead atoms. The van der Waals surface area contributed by atoms with Crippen molar-refractivity contribution in [3.63, 3.8) is 0 Å². The number of aryl methyl sites for hydroxylation is 1. The van der Waals surface area contributed by atoms with Gasteiger partial charge in [-0.1, -0.05) is 176 Å². The zero-order valence-electron chi connectivity index (χ0n) is 29.6. The Kier molecular flexibility index (Phi) is 8.10. The topological polar surface area (TPSA) is 3.24 Å². The zero-order valence-corrected chi connectivity index (χ0v) is 29.6. The lowest BCUT2D eigenvalue weighted by Gasteiger charge is -2.36. The molecule has 8 aromatic carbocycles. The van der Waals surface area contributed by atoms with Crippen molar-refractivity contribution in [2.24, 2.45) is 0 Å². The fourth-order valence-corrected chi connectivity index (χ4v) is 8.07. The first-order valence-corrected chi connectivity index (χ1v) is 18.2. The Bertz CT molecular complexity index is 2530. The number of rotatable bonds is 7. The first-order valence-electron chi connectivity index (χ1n) is 18.2. The highest BCUT2D eigenvalue weighted by atomic mass is 15.2. The fourth-order valence-electron chi connectivity index (χ4n) is 8.07. The van der Waals surface area contributed by atoms with E-state index in [1.807, 2.05) is 0 Å². The number of benzene rings is 8. The normalized spacial score (nSPS) is 11.6. The predicted molar refractivity (Wildman–Crippen MR) is 221 cm³/mol. The van der Waals surface area contributed by atoms with E-state index < -0.39 is 0 Å². The van der Waals surface area contributed by atoms with Crippen molar-refractivity contribution in [2.75, 3.05) is 4.90 Å². The summed E-state index contributed by atoms with van der Waals surface area (Å²) in [6.07, 6.45) is 0.852. The van der Waals surface area contributed by atoms with Crippen molar-refractivity contribution in [1.82, 2.24) is 0 Å². The van der Waals surface area contributed by atoms with Gasteiger partial charge in [0.1, 0.15) is 0 Å². The SMILES string of the molecule is Cc1ccc(-c2ccccc2)c(N(c2ccccc2-c2ccccc2)c2c3c(cc(-c4ccccc4)c2-c2ccccc2)-c2ccccc2C3)c1C. The number of nitrogens with zero attached hydrogens (tertiary/aromatic N) is 1. The summed E-state index contributed by atoms with van der Waals surface area (Å²) in [7, 11) is 0. The van der Waals surface area contributed by atoms with Gasteiger partial charge in [-0.2, -0.15) is 0 Å². The lowest BCUT2D eigenvalue weighted by molar-refractivity contribution is 1.18. The number of anilines is 3. The Hall–Kier alpha value is -6.44. The quantitative estimate of drug-likeness (QED) is 0.164. The molecule has 0 saturated heterocycles. The minimum absolute atomic E-state index is 0.852. The summed E-state index contributed by atoms with van der Waals surface area (Å²) in [6.45, 7) is 4.54. The van der Waals surface area contributed by atoms with Crippen molar-refractivity contribution in [2.45, 2.75) is 20.3 Å². The molecule has 1 aliphatic rings. The second-order valence-corrected chi connectivity index (χ2v) is 13.7. The maximum atomic E-state index is 2.63. The van der Waals surface area contributed by atoms with Gasteiger partial charge < -0.3 is 4.90 Å². The van der Waals surface area contributed by atoms with E-state index in [1.165, 1.54) is 89.3 Å². The summed E-state index contributed by atoms with van der Waals surface area (Å²) in [4.78, 5) is 2.63. The van der Waals surface area contributed by atoms with Crippen LogP contribution in [0.3, 0.4) is 0 Å². The molecule has 0 saturated carbocycles. The summed E-state index contributed by atoms with van der Waals surface area (Å²) in [5.41, 5.74) is 21.1. The number of para-hydroxylation sites is 1. The van der Waals surface area contributed by atoms with E-state index in [2.05, 4.69) is 207 Å². The number of hydrogen-bond acceptors (Lipinski definition) is 1. The Morgan fingerprint density at radius 3 is 1.52 bits per heavy atom. The van der Waals surface area contributed by atoms with E-state index in [9.17, 15) is 0 Å². The molecule has 0 fully saturated rings. The van der Waals surface area contributed by atoms with Crippen LogP contribution < -0.4 is 4.90 Å². The Morgan fingerprint density at radius 2 is 0.885 bits per heavy atom. The third-order valence-corrected chi connectivity index (χ3v) is 10.7. The Morgan fingerprint density at radius 1 is 0.385 bits per heavy atom. The summed E-state index contributed by atoms with van der Waals surface area (Å²) >= 11 is 0. The second kappa shape index (κ2) is 13.4. The van der Waals surface area contributed by atoms with Gasteiger partial charge in [0, 0.05) is 23.1 Å². The van der Waals surface area contributed by atoms with Crippen LogP contribution in [0.2, 0.25) is 0 Å². The maximum Gasteiger partial charge on any atom is 0.0588 e. The van der Waals surface area contributed by atoms with Gasteiger partial charge in [-0.25, -0.2) is 0 Å². The minimum Gasteiger partial charge on any atom is -0.308 e. The number of fused-ring (bicyclic) bond motifs is 3. The molecule has 1 nitrogen and oxygen atoms in total. The number of hydrogen-bond donors (Lipinski definition) is 0. The first-order chi connectivity index (χ1) is 25.7. The maximum absolute atomic E-state index is 2.63. The molecule has 0 aromatic heterocycles. The summed E-state index contributed by atoms with van der Waals surface area (Å²) < 4.78 is 0. The minimum atomic E-state index is 0.852. The molecule has 0 radical (unpaired) electrons. The van der Waals surface area contributed by atoms with E-state index in [0.29, 0.717) is 0 Å². The Balaban J connectivity index is 1.50. The molecule has 248 valence electrons. The van der Waals surface area contributed by atoms with Crippen molar-refractivity contribution >= 4 is 17.1 Å². The average Bonchev–Trinajstić information content (AvgIpc) is 3.59. The lowest BCUT2D eigenvalue weighted by Crippen LogP contribution is -2.18. The molecule has 0 aliphatic heterocycles. The molecule has 52 heavy (non-hydrogen) atoms. The molecule has 1 aliphatic carbocycles. The first kappa shape index (κ1) is 31.5. The average molecular weight is 666 g/mol. The Labute approximate surface area is 307 Å². The van der Waals surface area contributed by atoms with Crippen LogP contribution in [0, 0.1) is 13.8 Å². The van der Waals surface area contributed by atoms with Crippen LogP contribution in [0.25, 0.3) is 55.6 Å². The highest BCUT2D eigenvalue weighted by molar-refractivity contribution is 6.06. The van der Waals surface area contributed by atoms with Gasteiger partial charge in [-0.15, -0.1) is 0 Å². The van der Waals surface area contributed by atoms with Gasteiger partial charge in [0.15, 0.2) is 0 Å². The van der Waals surface area contributed by atoms with Gasteiger partial charge in [-0.3, -0.25) is 0 Å². The smallest absolute Gasteiger partial charge is 0.0588 e. The molecule has 0 atom stereocenters. The van der Waals surface area contributed by atoms with Crippen LogP contribution in [-0.2, 0) is 6.42 Å². The molecular formula is C51H39N. The molecule has 9 rings (SSSR count). The van der Waals surface area contributed by atoms with Crippen molar-refractivity contribution in [3.8, 4) is 55.6 Å². The van der Waals surface area contributed by atoms with Crippen LogP contribution in [0.5, 0.6) is 0 Å². The summed E-state index contributed by atoms with van der Waals surface area (Å²) in [5, 5.41) is 0. The predicted octanol–water partition coefficient (Wildman–Crippen LogP) is 14.0. The molecule has 0 N–H and O–H groups in total. The van der Waals surface area contributed by atoms with Crippen LogP contribution in [0.15, 0.2) is 188 Å². The van der Waals surface area contributed by atoms with Gasteiger partial charge >= 0.3 is 0 Å². The standard InChI is InChI=1S/C51H39N/c1-35-31-32-44(38-21-9-4-10-22-38)50(36(35)2)52(48-30-18-17-29-43(48)37-19-7-3-8-20-37)51-47-33-41-27-15-16-28-42(41)46(47)34-45(39-23-11-5-12-24-39)49(51)40-25-13-6-14-26-40/h3-32,34H,33H2,1-2H3. The van der Waals surface area contributed by atoms with Crippen LogP contribution in [0.4, 0.5) is 17.1 Å². The largest absolute Gasteiger partial charge is 0.308 e. The van der Waals surface area contributed by atoms with Crippen LogP contribution in [0.1, 0.15) is 22.3 Å². The molecule has 0 heterocycles. The summed E-state index contributed by atoms with van der Waals surface area (Å²) in [5.74, 6) is 0. The molecular weight excluding hydrogens is 627 g/mol. The monoisotopic (exact) mass is 665 g/mol. The van der Waals surface area contributed by atoms with E-state index in [0.717, 1.165) is 12.1 Å². The highest BCUT2D eigenvalue weighted by Gasteiger charge is 2.33. The van der Waals surface area contributed by atoms with Gasteiger partial charge in [0.25, 0.3) is 0 Å². The fraction of sp³-hybridized carbons (Fsp3) is 0.0588. The van der Waals surface area contributed by atoms with E-state index in [-0.39, 0.29) is 0 Å². The van der Waals surface area contributed by atoms with E-state index in [1.54, 1.807) is 0 Å². The third kappa shape index (κ3) is 5.43. The van der Waals surface area contributed by atoms with E-state index >= 15 is 0 Å². The van der Waals surface area contributed by atoms with Gasteiger partial charge in [0.05, 0.1) is 17.1 Å². The zero-order chi connectivity index (χ0) is 35.0. The molecule has 1 heteroatoms. The highest BCUT2D eigenvalue weighted by Crippen LogP contribution is 2.56. The van der Waals surface area contributed by atoms with Crippen LogP contribution >= 0.6 is 0 Å². The van der Waals surface area contributed by atoms with Gasteiger partial charge in [0.2, 0.25) is 0 Å². The van der Waals surface area contributed by atoms with E-state index in [4.69, 9.17) is 0 Å². The molecule has 0 amide bonds.